The molecule has 1 saturated heterocycles. The van der Waals surface area contributed by atoms with Gasteiger partial charge >= 0.3 is 0 Å². The first kappa shape index (κ1) is 28.9. The maximum absolute atomic E-state index is 5.31. The fourth-order valence-electron chi connectivity index (χ4n) is 7.82. The number of benzene rings is 4. The third kappa shape index (κ3) is 4.88. The Hall–Kier alpha value is -5.30. The summed E-state index contributed by atoms with van der Waals surface area (Å²) in [5.41, 5.74) is 11.6. The van der Waals surface area contributed by atoms with Crippen LogP contribution >= 0.6 is 0 Å². The van der Waals surface area contributed by atoms with Crippen molar-refractivity contribution < 1.29 is 0 Å². The summed E-state index contributed by atoms with van der Waals surface area (Å²) in [6.45, 7) is 5.67. The lowest BCUT2D eigenvalue weighted by Gasteiger charge is -2.34. The van der Waals surface area contributed by atoms with E-state index >= 15 is 0 Å². The Morgan fingerprint density at radius 3 is 1.25 bits per heavy atom. The highest BCUT2D eigenvalue weighted by Crippen LogP contribution is 2.36. The minimum absolute atomic E-state index is 0.838. The van der Waals surface area contributed by atoms with Crippen molar-refractivity contribution in [3.8, 4) is 22.5 Å². The lowest BCUT2D eigenvalue weighted by molar-refractivity contribution is 0.120. The van der Waals surface area contributed by atoms with E-state index in [9.17, 15) is 0 Å². The van der Waals surface area contributed by atoms with E-state index in [-0.39, 0.29) is 0 Å². The van der Waals surface area contributed by atoms with E-state index in [1.54, 1.807) is 0 Å². The van der Waals surface area contributed by atoms with E-state index in [0.29, 0.717) is 0 Å². The zero-order chi connectivity index (χ0) is 32.2. The van der Waals surface area contributed by atoms with Crippen LogP contribution in [0.15, 0.2) is 121 Å². The molecule has 1 aliphatic heterocycles. The molecule has 236 valence electrons. The quantitative estimate of drug-likeness (QED) is 0.186. The van der Waals surface area contributed by atoms with Gasteiger partial charge in [-0.25, -0.2) is 9.97 Å². The van der Waals surface area contributed by atoms with Crippen LogP contribution in [0.25, 0.3) is 66.1 Å². The summed E-state index contributed by atoms with van der Waals surface area (Å²) in [4.78, 5) is 15.7. The first-order valence-electron chi connectivity index (χ1n) is 16.9. The number of rotatable bonds is 6. The number of nitrogens with zero attached hydrogens (tertiary/aromatic N) is 6. The molecule has 0 unspecified atom stereocenters. The number of fused-ring (bicyclic) bond motifs is 6. The minimum Gasteiger partial charge on any atom is -0.342 e. The maximum Gasteiger partial charge on any atom is 0.0949 e. The van der Waals surface area contributed by atoms with E-state index in [2.05, 4.69) is 154 Å². The molecule has 6 heteroatoms. The van der Waals surface area contributed by atoms with Crippen LogP contribution in [0.5, 0.6) is 0 Å². The number of hydrogen-bond acceptors (Lipinski definition) is 4. The first-order chi connectivity index (χ1) is 23.6. The Kier molecular flexibility index (Phi) is 7.07. The molecular weight excluding hydrogens is 589 g/mol. The summed E-state index contributed by atoms with van der Waals surface area (Å²) in [6.07, 6.45) is 0. The average molecular weight is 627 g/mol. The van der Waals surface area contributed by atoms with E-state index in [1.165, 1.54) is 43.6 Å². The van der Waals surface area contributed by atoms with Gasteiger partial charge in [0.2, 0.25) is 0 Å². The highest BCUT2D eigenvalue weighted by atomic mass is 15.3. The Balaban J connectivity index is 0.994. The summed E-state index contributed by atoms with van der Waals surface area (Å²) in [7, 11) is 4.32. The maximum atomic E-state index is 5.31. The van der Waals surface area contributed by atoms with Gasteiger partial charge in [0.15, 0.2) is 0 Å². The number of piperazine rings is 1. The van der Waals surface area contributed by atoms with Crippen LogP contribution in [0.2, 0.25) is 0 Å². The second kappa shape index (κ2) is 11.7. The van der Waals surface area contributed by atoms with Crippen molar-refractivity contribution >= 4 is 43.6 Å². The molecule has 0 bridgehead atoms. The van der Waals surface area contributed by atoms with E-state index in [1.807, 2.05) is 0 Å². The van der Waals surface area contributed by atoms with Gasteiger partial charge in [-0.2, -0.15) is 0 Å². The van der Waals surface area contributed by atoms with Crippen molar-refractivity contribution in [2.24, 2.45) is 14.1 Å². The molecule has 0 saturated carbocycles. The lowest BCUT2D eigenvalue weighted by Crippen LogP contribution is -2.45. The van der Waals surface area contributed by atoms with Gasteiger partial charge in [-0.1, -0.05) is 97.1 Å². The summed E-state index contributed by atoms with van der Waals surface area (Å²) in [6, 6.07) is 43.3. The van der Waals surface area contributed by atoms with Crippen LogP contribution in [0.1, 0.15) is 11.4 Å². The molecule has 0 radical (unpaired) electrons. The molecule has 4 aromatic carbocycles. The molecular formula is C42H38N6. The number of pyridine rings is 2. The van der Waals surface area contributed by atoms with E-state index in [4.69, 9.17) is 9.97 Å². The van der Waals surface area contributed by atoms with Crippen LogP contribution in [-0.2, 0) is 27.2 Å². The first-order valence-corrected chi connectivity index (χ1v) is 16.9. The van der Waals surface area contributed by atoms with Crippen molar-refractivity contribution in [3.63, 3.8) is 0 Å². The van der Waals surface area contributed by atoms with Gasteiger partial charge in [0.05, 0.1) is 33.8 Å². The van der Waals surface area contributed by atoms with Crippen LogP contribution in [0, 0.1) is 0 Å². The van der Waals surface area contributed by atoms with Crippen LogP contribution < -0.4 is 0 Å². The van der Waals surface area contributed by atoms with E-state index in [0.717, 1.165) is 73.2 Å². The summed E-state index contributed by atoms with van der Waals surface area (Å²) in [5.74, 6) is 0. The molecule has 5 heterocycles. The van der Waals surface area contributed by atoms with Crippen molar-refractivity contribution in [3.05, 3.63) is 133 Å². The Labute approximate surface area is 280 Å². The van der Waals surface area contributed by atoms with Gasteiger partial charge in [-0.3, -0.25) is 9.80 Å². The SMILES string of the molecule is Cn1c2ccccc2c2cc(CN3CCN(Cc4cc5c6ccccc6n(C)c5c(-c5ccccc5)n4)CC3)nc(-c3ccccc3)c21. The third-order valence-corrected chi connectivity index (χ3v) is 10.2. The van der Waals surface area contributed by atoms with Crippen molar-refractivity contribution in [1.82, 2.24) is 28.9 Å². The topological polar surface area (TPSA) is 42.1 Å². The molecule has 0 atom stereocenters. The number of hydrogen-bond donors (Lipinski definition) is 0. The second-order valence-electron chi connectivity index (χ2n) is 13.2. The Morgan fingerprint density at radius 2 is 0.833 bits per heavy atom. The molecule has 8 aromatic rings. The van der Waals surface area contributed by atoms with Gasteiger partial charge in [0.1, 0.15) is 0 Å². The molecule has 0 aliphatic carbocycles. The largest absolute Gasteiger partial charge is 0.342 e. The van der Waals surface area contributed by atoms with Crippen LogP contribution in [0.3, 0.4) is 0 Å². The van der Waals surface area contributed by atoms with Gasteiger partial charge in [-0.15, -0.1) is 0 Å². The smallest absolute Gasteiger partial charge is 0.0949 e. The normalized spacial score (nSPS) is 14.5. The molecule has 1 aliphatic rings. The van der Waals surface area contributed by atoms with Gasteiger partial charge in [-0.05, 0) is 24.3 Å². The average Bonchev–Trinajstić information content (AvgIpc) is 3.59. The van der Waals surface area contributed by atoms with Gasteiger partial charge in [0, 0.05) is 97.1 Å². The number of para-hydroxylation sites is 2. The molecule has 48 heavy (non-hydrogen) atoms. The highest BCUT2D eigenvalue weighted by molar-refractivity contribution is 6.13. The number of aromatic nitrogens is 4. The summed E-state index contributed by atoms with van der Waals surface area (Å²) >= 11 is 0. The lowest BCUT2D eigenvalue weighted by atomic mass is 10.1. The van der Waals surface area contributed by atoms with Gasteiger partial charge < -0.3 is 9.13 Å². The Morgan fingerprint density at radius 1 is 0.458 bits per heavy atom. The molecule has 0 amide bonds. The van der Waals surface area contributed by atoms with Gasteiger partial charge in [0.25, 0.3) is 0 Å². The molecule has 0 spiro atoms. The zero-order valence-electron chi connectivity index (χ0n) is 27.5. The Bertz CT molecular complexity index is 2260. The summed E-state index contributed by atoms with van der Waals surface area (Å²) < 4.78 is 4.60. The second-order valence-corrected chi connectivity index (χ2v) is 13.2. The van der Waals surface area contributed by atoms with Crippen LogP contribution in [0.4, 0.5) is 0 Å². The minimum atomic E-state index is 0.838. The predicted octanol–water partition coefficient (Wildman–Crippen LogP) is 8.42. The highest BCUT2D eigenvalue weighted by Gasteiger charge is 2.22. The van der Waals surface area contributed by atoms with E-state index < -0.39 is 0 Å². The summed E-state index contributed by atoms with van der Waals surface area (Å²) in [5, 5.41) is 5.12. The van der Waals surface area contributed by atoms with Crippen molar-refractivity contribution in [1.29, 1.82) is 0 Å². The fourth-order valence-corrected chi connectivity index (χ4v) is 7.82. The monoisotopic (exact) mass is 626 g/mol. The molecule has 0 N–H and O–H groups in total. The standard InChI is InChI=1S/C42H38N6/c1-45-37-19-11-9-17-33(37)35-25-31(43-39(41(35)45)29-13-5-3-6-14-29)27-47-21-23-48(24-22-47)28-32-26-36-34-18-10-12-20-38(34)46(2)42(36)40(44-32)30-15-7-4-8-16-30/h3-20,25-26H,21-24,27-28H2,1-2H3. The molecule has 1 fully saturated rings. The molecule has 4 aromatic heterocycles. The number of aryl methyl sites for hydroxylation is 2. The molecule has 6 nitrogen and oxygen atoms in total. The fraction of sp³-hybridized carbons (Fsp3) is 0.190. The third-order valence-electron chi connectivity index (χ3n) is 10.2. The van der Waals surface area contributed by atoms with Crippen LogP contribution in [-0.4, -0.2) is 55.1 Å². The molecule has 9 rings (SSSR count). The predicted molar refractivity (Wildman–Crippen MR) is 198 cm³/mol. The van der Waals surface area contributed by atoms with Crippen molar-refractivity contribution in [2.75, 3.05) is 26.2 Å². The van der Waals surface area contributed by atoms with Crippen molar-refractivity contribution in [2.45, 2.75) is 13.1 Å². The zero-order valence-corrected chi connectivity index (χ0v) is 27.5.